The smallest absolute Gasteiger partial charge is 0.289 e. The normalized spacial score (nSPS) is 11.5. The Labute approximate surface area is 179 Å². The standard InChI is InChI=1S/C23H23N7O/c1-14(17-9-11-18(24)12-10-17)25-28-23(31)21-13-20(26-27-21)22-15(2)29-30(16(22)3)19-7-5-4-6-8-19/h4-13H,24H2,1-3H3,(H,26,27)(H,28,31)/b25-14+. The monoisotopic (exact) mass is 413 g/mol. The summed E-state index contributed by atoms with van der Waals surface area (Å²) in [6.07, 6.45) is 0. The molecule has 2 aromatic carbocycles. The van der Waals surface area contributed by atoms with Gasteiger partial charge in [-0.3, -0.25) is 9.89 Å². The van der Waals surface area contributed by atoms with Crippen molar-refractivity contribution in [3.63, 3.8) is 0 Å². The van der Waals surface area contributed by atoms with Crippen molar-refractivity contribution in [2.24, 2.45) is 5.10 Å². The highest BCUT2D eigenvalue weighted by Crippen LogP contribution is 2.27. The summed E-state index contributed by atoms with van der Waals surface area (Å²) in [4.78, 5) is 12.5. The highest BCUT2D eigenvalue weighted by atomic mass is 16.2. The van der Waals surface area contributed by atoms with Crippen LogP contribution in [0, 0.1) is 13.8 Å². The molecule has 0 bridgehead atoms. The first-order valence-corrected chi connectivity index (χ1v) is 9.82. The summed E-state index contributed by atoms with van der Waals surface area (Å²) in [5, 5.41) is 15.9. The average molecular weight is 413 g/mol. The molecule has 8 heteroatoms. The lowest BCUT2D eigenvalue weighted by Crippen LogP contribution is -2.19. The summed E-state index contributed by atoms with van der Waals surface area (Å²) in [7, 11) is 0. The molecule has 2 heterocycles. The van der Waals surface area contributed by atoms with E-state index >= 15 is 0 Å². The number of nitrogens with one attached hydrogen (secondary N) is 2. The van der Waals surface area contributed by atoms with Gasteiger partial charge in [0.05, 0.1) is 28.5 Å². The third kappa shape index (κ3) is 4.09. The Morgan fingerprint density at radius 2 is 1.81 bits per heavy atom. The molecule has 0 atom stereocenters. The first kappa shape index (κ1) is 20.1. The minimum Gasteiger partial charge on any atom is -0.399 e. The van der Waals surface area contributed by atoms with Gasteiger partial charge in [0.15, 0.2) is 0 Å². The van der Waals surface area contributed by atoms with Gasteiger partial charge in [0, 0.05) is 11.3 Å². The van der Waals surface area contributed by atoms with Gasteiger partial charge in [0.25, 0.3) is 5.91 Å². The van der Waals surface area contributed by atoms with Crippen LogP contribution in [0.3, 0.4) is 0 Å². The predicted molar refractivity (Wildman–Crippen MR) is 121 cm³/mol. The number of rotatable bonds is 5. The lowest BCUT2D eigenvalue weighted by Gasteiger charge is -2.04. The number of para-hydroxylation sites is 1. The molecule has 4 N–H and O–H groups in total. The number of nitrogens with two attached hydrogens (primary N) is 1. The summed E-state index contributed by atoms with van der Waals surface area (Å²) in [5.74, 6) is -0.376. The molecule has 0 saturated carbocycles. The Morgan fingerprint density at radius 1 is 1.10 bits per heavy atom. The van der Waals surface area contributed by atoms with E-state index in [2.05, 4.69) is 25.8 Å². The van der Waals surface area contributed by atoms with Crippen LogP contribution in [0.25, 0.3) is 16.9 Å². The lowest BCUT2D eigenvalue weighted by molar-refractivity contribution is 0.0950. The predicted octanol–water partition coefficient (Wildman–Crippen LogP) is 3.62. The molecule has 0 aliphatic rings. The molecule has 4 aromatic rings. The van der Waals surface area contributed by atoms with E-state index in [-0.39, 0.29) is 5.91 Å². The van der Waals surface area contributed by atoms with E-state index in [0.717, 1.165) is 28.2 Å². The Kier molecular flexibility index (Phi) is 5.36. The molecule has 156 valence electrons. The van der Waals surface area contributed by atoms with Crippen molar-refractivity contribution in [3.8, 4) is 16.9 Å². The summed E-state index contributed by atoms with van der Waals surface area (Å²) in [6.45, 7) is 5.72. The molecule has 0 saturated heterocycles. The van der Waals surface area contributed by atoms with E-state index in [1.165, 1.54) is 0 Å². The quantitative estimate of drug-likeness (QED) is 0.263. The number of carbonyl (C=O) groups excluding carboxylic acids is 1. The van der Waals surface area contributed by atoms with Crippen molar-refractivity contribution in [2.75, 3.05) is 5.73 Å². The second-order valence-electron chi connectivity index (χ2n) is 7.22. The molecule has 31 heavy (non-hydrogen) atoms. The number of aromatic amines is 1. The number of carbonyl (C=O) groups is 1. The minimum absolute atomic E-state index is 0.315. The maximum absolute atomic E-state index is 12.5. The van der Waals surface area contributed by atoms with E-state index in [9.17, 15) is 4.79 Å². The fourth-order valence-corrected chi connectivity index (χ4v) is 3.38. The number of hydrogen-bond donors (Lipinski definition) is 3. The van der Waals surface area contributed by atoms with Crippen molar-refractivity contribution >= 4 is 17.3 Å². The minimum atomic E-state index is -0.376. The Morgan fingerprint density at radius 3 is 2.52 bits per heavy atom. The van der Waals surface area contributed by atoms with Crippen molar-refractivity contribution in [1.29, 1.82) is 0 Å². The van der Waals surface area contributed by atoms with E-state index in [4.69, 9.17) is 5.73 Å². The van der Waals surface area contributed by atoms with Crippen molar-refractivity contribution < 1.29 is 4.79 Å². The number of hydrazone groups is 1. The first-order chi connectivity index (χ1) is 14.9. The topological polar surface area (TPSA) is 114 Å². The van der Waals surface area contributed by atoms with E-state index in [1.807, 2.05) is 67.9 Å². The maximum Gasteiger partial charge on any atom is 0.289 e. The second-order valence-corrected chi connectivity index (χ2v) is 7.22. The highest BCUT2D eigenvalue weighted by molar-refractivity contribution is 6.00. The van der Waals surface area contributed by atoms with Gasteiger partial charge in [-0.2, -0.15) is 15.3 Å². The number of H-pyrrole nitrogens is 1. The summed E-state index contributed by atoms with van der Waals surface area (Å²) in [5.41, 5.74) is 15.1. The second kappa shape index (κ2) is 8.27. The average Bonchev–Trinajstić information content (AvgIpc) is 3.37. The Hall–Kier alpha value is -4.20. The van der Waals surface area contributed by atoms with Gasteiger partial charge in [-0.15, -0.1) is 0 Å². The molecule has 0 spiro atoms. The number of benzene rings is 2. The van der Waals surface area contributed by atoms with Gasteiger partial charge in [0.2, 0.25) is 0 Å². The molecule has 2 aromatic heterocycles. The van der Waals surface area contributed by atoms with Crippen LogP contribution >= 0.6 is 0 Å². The van der Waals surface area contributed by atoms with Crippen LogP contribution in [-0.2, 0) is 0 Å². The number of nitrogens with zero attached hydrogens (tertiary/aromatic N) is 4. The Bertz CT molecular complexity index is 1250. The molecule has 0 radical (unpaired) electrons. The van der Waals surface area contributed by atoms with Crippen molar-refractivity contribution in [1.82, 2.24) is 25.4 Å². The van der Waals surface area contributed by atoms with Crippen LogP contribution in [0.2, 0.25) is 0 Å². The zero-order chi connectivity index (χ0) is 22.0. The maximum atomic E-state index is 12.5. The van der Waals surface area contributed by atoms with Gasteiger partial charge < -0.3 is 5.73 Å². The molecule has 0 aliphatic heterocycles. The SMILES string of the molecule is C/C(=N\NC(=O)c1cc(-c2c(C)nn(-c3ccccc3)c2C)n[nH]1)c1ccc(N)cc1. The first-order valence-electron chi connectivity index (χ1n) is 9.82. The summed E-state index contributed by atoms with van der Waals surface area (Å²) >= 11 is 0. The lowest BCUT2D eigenvalue weighted by atomic mass is 10.1. The molecule has 0 unspecified atom stereocenters. The number of hydrogen-bond acceptors (Lipinski definition) is 5. The fraction of sp³-hybridized carbons (Fsp3) is 0.130. The largest absolute Gasteiger partial charge is 0.399 e. The van der Waals surface area contributed by atoms with Crippen LogP contribution in [0.4, 0.5) is 5.69 Å². The van der Waals surface area contributed by atoms with Crippen LogP contribution in [0.5, 0.6) is 0 Å². The number of anilines is 1. The highest BCUT2D eigenvalue weighted by Gasteiger charge is 2.19. The Balaban J connectivity index is 1.54. The molecule has 8 nitrogen and oxygen atoms in total. The zero-order valence-corrected chi connectivity index (χ0v) is 17.5. The van der Waals surface area contributed by atoms with Gasteiger partial charge >= 0.3 is 0 Å². The molecular weight excluding hydrogens is 390 g/mol. The van der Waals surface area contributed by atoms with E-state index < -0.39 is 0 Å². The molecule has 0 aliphatic carbocycles. The van der Waals surface area contributed by atoms with Gasteiger partial charge in [-0.1, -0.05) is 30.3 Å². The van der Waals surface area contributed by atoms with Crippen LogP contribution in [-0.4, -0.2) is 31.6 Å². The van der Waals surface area contributed by atoms with E-state index in [1.54, 1.807) is 18.2 Å². The summed E-state index contributed by atoms with van der Waals surface area (Å²) < 4.78 is 1.87. The number of nitrogen functional groups attached to an aromatic ring is 1. The molecule has 0 fully saturated rings. The van der Waals surface area contributed by atoms with Crippen molar-refractivity contribution in [3.05, 3.63) is 83.3 Å². The van der Waals surface area contributed by atoms with E-state index in [0.29, 0.717) is 22.8 Å². The number of amides is 1. The number of aromatic nitrogens is 4. The molecule has 1 amide bonds. The van der Waals surface area contributed by atoms with Crippen LogP contribution in [0.15, 0.2) is 65.8 Å². The summed E-state index contributed by atoms with van der Waals surface area (Å²) in [6, 6.07) is 18.9. The third-order valence-corrected chi connectivity index (χ3v) is 5.02. The van der Waals surface area contributed by atoms with Crippen LogP contribution < -0.4 is 11.2 Å². The zero-order valence-electron chi connectivity index (χ0n) is 17.5. The molecule has 4 rings (SSSR count). The van der Waals surface area contributed by atoms with Gasteiger partial charge in [-0.25, -0.2) is 10.1 Å². The van der Waals surface area contributed by atoms with Gasteiger partial charge in [0.1, 0.15) is 5.69 Å². The number of aryl methyl sites for hydroxylation is 1. The van der Waals surface area contributed by atoms with Crippen molar-refractivity contribution in [2.45, 2.75) is 20.8 Å². The third-order valence-electron chi connectivity index (χ3n) is 5.02. The van der Waals surface area contributed by atoms with Gasteiger partial charge in [-0.05, 0) is 56.7 Å². The molecular formula is C23H23N7O. The fourth-order valence-electron chi connectivity index (χ4n) is 3.38. The van der Waals surface area contributed by atoms with Crippen LogP contribution in [0.1, 0.15) is 34.4 Å².